The van der Waals surface area contributed by atoms with Gasteiger partial charge in [0, 0.05) is 11.9 Å². The van der Waals surface area contributed by atoms with Gasteiger partial charge in [0.1, 0.15) is 0 Å². The fraction of sp³-hybridized carbons (Fsp3) is 0.312. The van der Waals surface area contributed by atoms with E-state index in [9.17, 15) is 4.79 Å². The second kappa shape index (κ2) is 4.82. The Balaban J connectivity index is 1.77. The van der Waals surface area contributed by atoms with Crippen molar-refractivity contribution < 1.29 is 4.79 Å². The molecule has 2 nitrogen and oxygen atoms in total. The van der Waals surface area contributed by atoms with E-state index in [1.165, 1.54) is 4.88 Å². The number of rotatable bonds is 4. The lowest BCUT2D eigenvalue weighted by molar-refractivity contribution is -0.133. The summed E-state index contributed by atoms with van der Waals surface area (Å²) in [4.78, 5) is 15.8. The fourth-order valence-electron chi connectivity index (χ4n) is 2.58. The summed E-state index contributed by atoms with van der Waals surface area (Å²) < 4.78 is 0. The summed E-state index contributed by atoms with van der Waals surface area (Å²) in [5.74, 6) is 0.257. The average molecular weight is 271 g/mol. The number of carbonyl (C=O) groups excluding carboxylic acids is 1. The molecular formula is C16H17NOS. The molecule has 0 saturated heterocycles. The summed E-state index contributed by atoms with van der Waals surface area (Å²) in [7, 11) is 1.91. The number of thiophene rings is 1. The highest BCUT2D eigenvalue weighted by atomic mass is 32.1. The first-order valence-corrected chi connectivity index (χ1v) is 7.44. The van der Waals surface area contributed by atoms with Gasteiger partial charge in [0.2, 0.25) is 5.91 Å². The molecule has 1 aromatic heterocycles. The predicted octanol–water partition coefficient (Wildman–Crippen LogP) is 3.44. The molecule has 0 atom stereocenters. The molecule has 98 valence electrons. The van der Waals surface area contributed by atoms with Crippen molar-refractivity contribution in [2.45, 2.75) is 24.8 Å². The maximum Gasteiger partial charge on any atom is 0.233 e. The largest absolute Gasteiger partial charge is 0.340 e. The van der Waals surface area contributed by atoms with Crippen LogP contribution >= 0.6 is 11.3 Å². The van der Waals surface area contributed by atoms with Crippen molar-refractivity contribution in [2.75, 3.05) is 7.05 Å². The molecular weight excluding hydrogens is 254 g/mol. The number of benzene rings is 1. The van der Waals surface area contributed by atoms with E-state index in [1.807, 2.05) is 36.2 Å². The van der Waals surface area contributed by atoms with Gasteiger partial charge in [0.25, 0.3) is 0 Å². The third-order valence-corrected chi connectivity index (χ3v) is 4.67. The second-order valence-electron chi connectivity index (χ2n) is 5.19. The monoisotopic (exact) mass is 271 g/mol. The molecule has 1 aliphatic rings. The smallest absolute Gasteiger partial charge is 0.233 e. The lowest BCUT2D eigenvalue weighted by Gasteiger charge is -2.23. The number of nitrogens with zero attached hydrogens (tertiary/aromatic N) is 1. The van der Waals surface area contributed by atoms with E-state index in [0.717, 1.165) is 18.4 Å². The highest BCUT2D eigenvalue weighted by Gasteiger charge is 2.52. The first-order chi connectivity index (χ1) is 9.22. The van der Waals surface area contributed by atoms with Gasteiger partial charge in [-0.15, -0.1) is 11.3 Å². The average Bonchev–Trinajstić information content (AvgIpc) is 3.11. The van der Waals surface area contributed by atoms with Gasteiger partial charge in [-0.05, 0) is 29.9 Å². The molecule has 0 N–H and O–H groups in total. The molecule has 1 fully saturated rings. The van der Waals surface area contributed by atoms with Crippen LogP contribution in [0.2, 0.25) is 0 Å². The van der Waals surface area contributed by atoms with E-state index in [1.54, 1.807) is 11.3 Å². The van der Waals surface area contributed by atoms with Gasteiger partial charge in [-0.2, -0.15) is 0 Å². The molecule has 1 aromatic carbocycles. The second-order valence-corrected chi connectivity index (χ2v) is 6.22. The Hall–Kier alpha value is -1.61. The van der Waals surface area contributed by atoms with E-state index in [4.69, 9.17) is 0 Å². The molecule has 1 saturated carbocycles. The van der Waals surface area contributed by atoms with Crippen LogP contribution in [0.1, 0.15) is 23.3 Å². The van der Waals surface area contributed by atoms with Crippen molar-refractivity contribution in [1.82, 2.24) is 4.90 Å². The minimum Gasteiger partial charge on any atom is -0.340 e. The number of hydrogen-bond acceptors (Lipinski definition) is 2. The third kappa shape index (κ3) is 2.30. The third-order valence-electron chi connectivity index (χ3n) is 3.81. The molecule has 1 aliphatic carbocycles. The lowest BCUT2D eigenvalue weighted by atomic mass is 9.94. The molecule has 1 heterocycles. The van der Waals surface area contributed by atoms with E-state index in [0.29, 0.717) is 6.54 Å². The Labute approximate surface area is 117 Å². The van der Waals surface area contributed by atoms with Crippen molar-refractivity contribution in [2.24, 2.45) is 0 Å². The highest BCUT2D eigenvalue weighted by Crippen LogP contribution is 2.49. The molecule has 0 bridgehead atoms. The SMILES string of the molecule is CN(Cc1cccs1)C(=O)C1(c2ccccc2)CC1. The molecule has 1 amide bonds. The molecule has 19 heavy (non-hydrogen) atoms. The van der Waals surface area contributed by atoms with Crippen LogP contribution in [0.4, 0.5) is 0 Å². The van der Waals surface area contributed by atoms with Gasteiger partial charge in [0.15, 0.2) is 0 Å². The van der Waals surface area contributed by atoms with Crippen LogP contribution in [-0.4, -0.2) is 17.9 Å². The van der Waals surface area contributed by atoms with Gasteiger partial charge >= 0.3 is 0 Å². The first kappa shape index (κ1) is 12.4. The van der Waals surface area contributed by atoms with Crippen molar-refractivity contribution in [3.63, 3.8) is 0 Å². The van der Waals surface area contributed by atoms with Crippen LogP contribution in [0, 0.1) is 0 Å². The Morgan fingerprint density at radius 3 is 2.53 bits per heavy atom. The molecule has 3 rings (SSSR count). The van der Waals surface area contributed by atoms with Crippen molar-refractivity contribution in [1.29, 1.82) is 0 Å². The van der Waals surface area contributed by atoms with Crippen LogP contribution in [0.25, 0.3) is 0 Å². The molecule has 0 aliphatic heterocycles. The van der Waals surface area contributed by atoms with Crippen LogP contribution in [0.15, 0.2) is 47.8 Å². The van der Waals surface area contributed by atoms with Gasteiger partial charge in [-0.1, -0.05) is 36.4 Å². The summed E-state index contributed by atoms with van der Waals surface area (Å²) >= 11 is 1.70. The number of likely N-dealkylation sites (N-methyl/N-ethyl adjacent to an activating group) is 1. The maximum atomic E-state index is 12.7. The zero-order valence-electron chi connectivity index (χ0n) is 11.0. The van der Waals surface area contributed by atoms with Gasteiger partial charge in [-0.25, -0.2) is 0 Å². The van der Waals surface area contributed by atoms with E-state index in [2.05, 4.69) is 23.6 Å². The van der Waals surface area contributed by atoms with Gasteiger partial charge in [0.05, 0.1) is 12.0 Å². The normalized spacial score (nSPS) is 16.1. The van der Waals surface area contributed by atoms with Crippen molar-refractivity contribution in [3.8, 4) is 0 Å². The number of amides is 1. The Kier molecular flexibility index (Phi) is 3.15. The zero-order valence-corrected chi connectivity index (χ0v) is 11.8. The highest BCUT2D eigenvalue weighted by molar-refractivity contribution is 7.09. The van der Waals surface area contributed by atoms with Gasteiger partial charge in [-0.3, -0.25) is 4.79 Å². The standard InChI is InChI=1S/C16H17NOS/c1-17(12-14-8-5-11-19-14)15(18)16(9-10-16)13-6-3-2-4-7-13/h2-8,11H,9-10,12H2,1H3. The van der Waals surface area contributed by atoms with Crippen LogP contribution in [-0.2, 0) is 16.8 Å². The van der Waals surface area contributed by atoms with Crippen molar-refractivity contribution in [3.05, 3.63) is 58.3 Å². The summed E-state index contributed by atoms with van der Waals surface area (Å²) in [5, 5.41) is 2.05. The van der Waals surface area contributed by atoms with Gasteiger partial charge < -0.3 is 4.90 Å². The molecule has 0 radical (unpaired) electrons. The summed E-state index contributed by atoms with van der Waals surface area (Å²) in [6, 6.07) is 14.3. The quantitative estimate of drug-likeness (QED) is 0.834. The zero-order chi connectivity index (χ0) is 13.3. The molecule has 0 unspecified atom stereocenters. The van der Waals surface area contributed by atoms with Crippen LogP contribution in [0.3, 0.4) is 0 Å². The van der Waals surface area contributed by atoms with E-state index in [-0.39, 0.29) is 11.3 Å². The minimum absolute atomic E-state index is 0.243. The summed E-state index contributed by atoms with van der Waals surface area (Å²) in [6.07, 6.45) is 1.95. The van der Waals surface area contributed by atoms with Crippen LogP contribution < -0.4 is 0 Å². The lowest BCUT2D eigenvalue weighted by Crippen LogP contribution is -2.35. The fourth-order valence-corrected chi connectivity index (χ4v) is 3.34. The Bertz CT molecular complexity index is 558. The summed E-state index contributed by atoms with van der Waals surface area (Å²) in [5.41, 5.74) is 0.922. The molecule has 2 aromatic rings. The first-order valence-electron chi connectivity index (χ1n) is 6.56. The topological polar surface area (TPSA) is 20.3 Å². The Morgan fingerprint density at radius 1 is 1.21 bits per heavy atom. The number of hydrogen-bond donors (Lipinski definition) is 0. The summed E-state index contributed by atoms with van der Waals surface area (Å²) in [6.45, 7) is 0.713. The number of carbonyl (C=O) groups is 1. The molecule has 3 heteroatoms. The molecule has 0 spiro atoms. The van der Waals surface area contributed by atoms with E-state index >= 15 is 0 Å². The van der Waals surface area contributed by atoms with Crippen LogP contribution in [0.5, 0.6) is 0 Å². The minimum atomic E-state index is -0.243. The predicted molar refractivity (Wildman–Crippen MR) is 78.1 cm³/mol. The maximum absolute atomic E-state index is 12.7. The Morgan fingerprint density at radius 2 is 1.95 bits per heavy atom. The van der Waals surface area contributed by atoms with Crippen molar-refractivity contribution >= 4 is 17.2 Å². The van der Waals surface area contributed by atoms with E-state index < -0.39 is 0 Å².